The highest BCUT2D eigenvalue weighted by Crippen LogP contribution is 2.37. The van der Waals surface area contributed by atoms with E-state index in [0.29, 0.717) is 17.0 Å². The number of furan rings is 1. The van der Waals surface area contributed by atoms with E-state index in [9.17, 15) is 18.3 Å². The van der Waals surface area contributed by atoms with E-state index in [1.54, 1.807) is 24.3 Å². The molecule has 2 heterocycles. The predicted molar refractivity (Wildman–Crippen MR) is 77.9 cm³/mol. The number of aromatic hydroxyl groups is 1. The Kier molecular flexibility index (Phi) is 3.43. The monoisotopic (exact) mass is 322 g/mol. The number of aromatic nitrogens is 2. The van der Waals surface area contributed by atoms with Gasteiger partial charge in [0.05, 0.1) is 11.4 Å². The van der Waals surface area contributed by atoms with E-state index in [4.69, 9.17) is 4.42 Å². The second-order valence-electron chi connectivity index (χ2n) is 5.27. The third-order valence-electron chi connectivity index (χ3n) is 3.49. The van der Waals surface area contributed by atoms with Crippen molar-refractivity contribution < 1.29 is 22.7 Å². The zero-order valence-corrected chi connectivity index (χ0v) is 12.3. The summed E-state index contributed by atoms with van der Waals surface area (Å²) in [5.74, 6) is -0.873. The van der Waals surface area contributed by atoms with Crippen LogP contribution >= 0.6 is 0 Å². The Morgan fingerprint density at radius 3 is 2.48 bits per heavy atom. The van der Waals surface area contributed by atoms with Gasteiger partial charge in [0.2, 0.25) is 5.76 Å². The fourth-order valence-corrected chi connectivity index (χ4v) is 2.34. The first-order valence-electron chi connectivity index (χ1n) is 6.79. The van der Waals surface area contributed by atoms with Crippen molar-refractivity contribution in [3.63, 3.8) is 0 Å². The van der Waals surface area contributed by atoms with Crippen molar-refractivity contribution in [1.82, 2.24) is 10.2 Å². The van der Waals surface area contributed by atoms with Gasteiger partial charge in [-0.3, -0.25) is 5.10 Å². The van der Waals surface area contributed by atoms with Gasteiger partial charge in [-0.15, -0.1) is 0 Å². The second-order valence-corrected chi connectivity index (χ2v) is 5.27. The Hall–Kier alpha value is -2.70. The number of rotatable bonds is 2. The maximum absolute atomic E-state index is 12.7. The van der Waals surface area contributed by atoms with Crippen LogP contribution in [0.3, 0.4) is 0 Å². The molecule has 0 bridgehead atoms. The molecule has 0 amide bonds. The van der Waals surface area contributed by atoms with Crippen LogP contribution in [0.25, 0.3) is 22.5 Å². The predicted octanol–water partition coefficient (Wildman–Crippen LogP) is 4.68. The van der Waals surface area contributed by atoms with E-state index in [0.717, 1.165) is 11.6 Å². The molecule has 2 aromatic heterocycles. The SMILES string of the molecule is Cc1ccc(O)c(-c2cc(-c3cc(C(F)(F)F)oc3C)n[nH]2)c1. The standard InChI is InChI=1S/C16H13F3N2O2/c1-8-3-4-14(22)11(5-8)13-7-12(20-21-13)10-6-15(16(17,18)19)23-9(10)2/h3-7,22H,1-2H3,(H,20,21). The van der Waals surface area contributed by atoms with Crippen molar-refractivity contribution in [2.45, 2.75) is 20.0 Å². The van der Waals surface area contributed by atoms with Crippen LogP contribution in [0.2, 0.25) is 0 Å². The summed E-state index contributed by atoms with van der Waals surface area (Å²) < 4.78 is 42.9. The molecule has 2 N–H and O–H groups in total. The molecule has 3 aromatic rings. The van der Waals surface area contributed by atoms with Crippen molar-refractivity contribution in [3.8, 4) is 28.3 Å². The van der Waals surface area contributed by atoms with Crippen LogP contribution in [0, 0.1) is 13.8 Å². The lowest BCUT2D eigenvalue weighted by Crippen LogP contribution is -2.02. The number of alkyl halides is 3. The Bertz CT molecular complexity index is 863. The summed E-state index contributed by atoms with van der Waals surface area (Å²) in [4.78, 5) is 0. The third-order valence-corrected chi connectivity index (χ3v) is 3.49. The first-order valence-corrected chi connectivity index (χ1v) is 6.79. The van der Waals surface area contributed by atoms with Gasteiger partial charge in [0, 0.05) is 11.1 Å². The van der Waals surface area contributed by atoms with Gasteiger partial charge in [0.25, 0.3) is 0 Å². The Labute approximate surface area is 129 Å². The lowest BCUT2D eigenvalue weighted by atomic mass is 10.1. The van der Waals surface area contributed by atoms with Crippen LogP contribution in [0.5, 0.6) is 5.75 Å². The zero-order chi connectivity index (χ0) is 16.8. The molecule has 3 rings (SSSR count). The van der Waals surface area contributed by atoms with Crippen molar-refractivity contribution >= 4 is 0 Å². The summed E-state index contributed by atoms with van der Waals surface area (Å²) in [7, 11) is 0. The Morgan fingerprint density at radius 1 is 1.09 bits per heavy atom. The van der Waals surface area contributed by atoms with E-state index in [2.05, 4.69) is 10.2 Å². The molecule has 0 spiro atoms. The third kappa shape index (κ3) is 2.81. The Balaban J connectivity index is 2.03. The first-order chi connectivity index (χ1) is 10.8. The summed E-state index contributed by atoms with van der Waals surface area (Å²) in [6.45, 7) is 3.32. The number of aryl methyl sites for hydroxylation is 2. The van der Waals surface area contributed by atoms with E-state index in [1.807, 2.05) is 6.92 Å². The summed E-state index contributed by atoms with van der Waals surface area (Å²) in [6.07, 6.45) is -4.54. The number of phenolic OH excluding ortho intramolecular Hbond substituents is 1. The van der Waals surface area contributed by atoms with Gasteiger partial charge in [0.1, 0.15) is 11.5 Å². The van der Waals surface area contributed by atoms with Crippen LogP contribution in [0.1, 0.15) is 17.1 Å². The van der Waals surface area contributed by atoms with Gasteiger partial charge in [-0.2, -0.15) is 18.3 Å². The molecule has 0 unspecified atom stereocenters. The number of phenols is 1. The van der Waals surface area contributed by atoms with E-state index in [-0.39, 0.29) is 17.1 Å². The maximum Gasteiger partial charge on any atom is 0.449 e. The molecule has 0 saturated heterocycles. The molecule has 7 heteroatoms. The fraction of sp³-hybridized carbons (Fsp3) is 0.188. The van der Waals surface area contributed by atoms with E-state index >= 15 is 0 Å². The molecular weight excluding hydrogens is 309 g/mol. The van der Waals surface area contributed by atoms with Gasteiger partial charge in [-0.05, 0) is 38.1 Å². The molecule has 0 fully saturated rings. The van der Waals surface area contributed by atoms with Crippen molar-refractivity contribution in [2.75, 3.05) is 0 Å². The first kappa shape index (κ1) is 15.2. The minimum Gasteiger partial charge on any atom is -0.507 e. The number of hydrogen-bond acceptors (Lipinski definition) is 3. The van der Waals surface area contributed by atoms with Crippen molar-refractivity contribution in [1.29, 1.82) is 0 Å². The van der Waals surface area contributed by atoms with Crippen LogP contribution < -0.4 is 0 Å². The molecule has 4 nitrogen and oxygen atoms in total. The molecule has 0 aliphatic carbocycles. The van der Waals surface area contributed by atoms with Gasteiger partial charge in [-0.25, -0.2) is 0 Å². The van der Waals surface area contributed by atoms with Crippen LogP contribution in [0.4, 0.5) is 13.2 Å². The minimum absolute atomic E-state index is 0.0608. The maximum atomic E-state index is 12.7. The molecule has 120 valence electrons. The minimum atomic E-state index is -4.54. The number of H-pyrrole nitrogens is 1. The topological polar surface area (TPSA) is 62.1 Å². The average molecular weight is 322 g/mol. The summed E-state index contributed by atoms with van der Waals surface area (Å²) in [6, 6.07) is 7.57. The Morgan fingerprint density at radius 2 is 1.83 bits per heavy atom. The van der Waals surface area contributed by atoms with Crippen LogP contribution in [-0.2, 0) is 6.18 Å². The lowest BCUT2D eigenvalue weighted by Gasteiger charge is -2.02. The summed E-state index contributed by atoms with van der Waals surface area (Å²) in [5.41, 5.74) is 2.55. The number of halogens is 3. The van der Waals surface area contributed by atoms with Crippen LogP contribution in [0.15, 0.2) is 34.7 Å². The average Bonchev–Trinajstić information content (AvgIpc) is 3.07. The highest BCUT2D eigenvalue weighted by molar-refractivity contribution is 5.73. The molecule has 0 radical (unpaired) electrons. The largest absolute Gasteiger partial charge is 0.507 e. The molecule has 0 saturated carbocycles. The zero-order valence-electron chi connectivity index (χ0n) is 12.3. The van der Waals surface area contributed by atoms with Gasteiger partial charge < -0.3 is 9.52 Å². The lowest BCUT2D eigenvalue weighted by molar-refractivity contribution is -0.153. The molecule has 1 aromatic carbocycles. The number of nitrogens with zero attached hydrogens (tertiary/aromatic N) is 1. The van der Waals surface area contributed by atoms with Gasteiger partial charge in [0.15, 0.2) is 0 Å². The van der Waals surface area contributed by atoms with Crippen LogP contribution in [-0.4, -0.2) is 15.3 Å². The summed E-state index contributed by atoms with van der Waals surface area (Å²) in [5, 5.41) is 16.7. The molecule has 0 atom stereocenters. The van der Waals surface area contributed by atoms with Crippen molar-refractivity contribution in [3.05, 3.63) is 47.4 Å². The number of hydrogen-bond donors (Lipinski definition) is 2. The smallest absolute Gasteiger partial charge is 0.449 e. The highest BCUT2D eigenvalue weighted by atomic mass is 19.4. The molecule has 23 heavy (non-hydrogen) atoms. The molecular formula is C16H13F3N2O2. The van der Waals surface area contributed by atoms with Gasteiger partial charge in [-0.1, -0.05) is 11.6 Å². The molecule has 0 aliphatic rings. The van der Waals surface area contributed by atoms with E-state index in [1.165, 1.54) is 6.92 Å². The summed E-state index contributed by atoms with van der Waals surface area (Å²) >= 11 is 0. The van der Waals surface area contributed by atoms with Gasteiger partial charge >= 0.3 is 6.18 Å². The number of nitrogens with one attached hydrogen (secondary N) is 1. The second kappa shape index (κ2) is 5.19. The number of benzene rings is 1. The number of aromatic amines is 1. The van der Waals surface area contributed by atoms with E-state index < -0.39 is 11.9 Å². The van der Waals surface area contributed by atoms with Crippen molar-refractivity contribution in [2.24, 2.45) is 0 Å². The fourth-order valence-electron chi connectivity index (χ4n) is 2.34. The molecule has 0 aliphatic heterocycles. The normalized spacial score (nSPS) is 11.9. The quantitative estimate of drug-likeness (QED) is 0.720. The highest BCUT2D eigenvalue weighted by Gasteiger charge is 2.36.